The average molecular weight is 157 g/mol. The van der Waals surface area contributed by atoms with Crippen LogP contribution < -0.4 is 0 Å². The van der Waals surface area contributed by atoms with Gasteiger partial charge in [-0.05, 0) is 0 Å². The molecule has 0 aliphatic rings. The van der Waals surface area contributed by atoms with Crippen LogP contribution in [-0.4, -0.2) is 17.1 Å². The summed E-state index contributed by atoms with van der Waals surface area (Å²) in [5.41, 5.74) is 0. The van der Waals surface area contributed by atoms with Crippen molar-refractivity contribution >= 4 is 0 Å². The Bertz CT molecular complexity index is 133. The lowest BCUT2D eigenvalue weighted by Gasteiger charge is -2.09. The highest BCUT2D eigenvalue weighted by Gasteiger charge is 2.47. The summed E-state index contributed by atoms with van der Waals surface area (Å²) in [7, 11) is 0. The van der Waals surface area contributed by atoms with Gasteiger partial charge in [0, 0.05) is 11.3 Å². The average Bonchev–Trinajstić information content (AvgIpc) is 1.60. The standard InChI is InChI=1S/C4H6F3NO2/c1-2-3(8(9)10)4(5,6)7/h3H,2H2,1H3. The van der Waals surface area contributed by atoms with E-state index < -0.39 is 23.6 Å². The van der Waals surface area contributed by atoms with Crippen LogP contribution in [0.15, 0.2) is 0 Å². The molecule has 0 N–H and O–H groups in total. The second-order valence-corrected chi connectivity index (χ2v) is 1.75. The molecule has 6 heteroatoms. The van der Waals surface area contributed by atoms with Gasteiger partial charge in [0.1, 0.15) is 0 Å². The normalized spacial score (nSPS) is 14.8. The second-order valence-electron chi connectivity index (χ2n) is 1.75. The SMILES string of the molecule is CCC([N+](=O)[O-])C(F)(F)F. The minimum absolute atomic E-state index is 0.517. The van der Waals surface area contributed by atoms with Crippen LogP contribution in [0.4, 0.5) is 13.2 Å². The highest BCUT2D eigenvalue weighted by molar-refractivity contribution is 4.62. The Morgan fingerprint density at radius 3 is 2.00 bits per heavy atom. The Morgan fingerprint density at radius 1 is 1.60 bits per heavy atom. The zero-order valence-electron chi connectivity index (χ0n) is 5.18. The lowest BCUT2D eigenvalue weighted by atomic mass is 10.2. The van der Waals surface area contributed by atoms with Gasteiger partial charge in [-0.25, -0.2) is 0 Å². The fourth-order valence-electron chi connectivity index (χ4n) is 0.500. The van der Waals surface area contributed by atoms with Gasteiger partial charge in [-0.3, -0.25) is 10.1 Å². The summed E-state index contributed by atoms with van der Waals surface area (Å²) in [6.45, 7) is 1.13. The molecule has 0 aliphatic heterocycles. The van der Waals surface area contributed by atoms with Crippen LogP contribution in [0.1, 0.15) is 13.3 Å². The highest BCUT2D eigenvalue weighted by atomic mass is 19.4. The maximum atomic E-state index is 11.5. The van der Waals surface area contributed by atoms with Gasteiger partial charge in [-0.15, -0.1) is 0 Å². The molecule has 1 unspecified atom stereocenters. The van der Waals surface area contributed by atoms with E-state index in [1.165, 1.54) is 0 Å². The molecule has 0 bridgehead atoms. The van der Waals surface area contributed by atoms with Gasteiger partial charge in [0.2, 0.25) is 0 Å². The molecule has 0 rings (SSSR count). The molecule has 0 aromatic heterocycles. The summed E-state index contributed by atoms with van der Waals surface area (Å²) in [6.07, 6.45) is -5.23. The number of hydrogen-bond donors (Lipinski definition) is 0. The van der Waals surface area contributed by atoms with Crippen molar-refractivity contribution in [1.82, 2.24) is 0 Å². The number of halogens is 3. The second kappa shape index (κ2) is 2.85. The van der Waals surface area contributed by atoms with Gasteiger partial charge >= 0.3 is 12.2 Å². The quantitative estimate of drug-likeness (QED) is 0.451. The topological polar surface area (TPSA) is 43.1 Å². The molecule has 0 aromatic rings. The van der Waals surface area contributed by atoms with Gasteiger partial charge in [-0.2, -0.15) is 13.2 Å². The van der Waals surface area contributed by atoms with Crippen molar-refractivity contribution in [2.24, 2.45) is 0 Å². The van der Waals surface area contributed by atoms with Crippen molar-refractivity contribution in [3.05, 3.63) is 10.1 Å². The molecule has 0 aromatic carbocycles. The first-order chi connectivity index (χ1) is 4.39. The van der Waals surface area contributed by atoms with E-state index in [9.17, 15) is 23.3 Å². The number of nitrogens with zero attached hydrogens (tertiary/aromatic N) is 1. The molecule has 3 nitrogen and oxygen atoms in total. The molecule has 0 saturated heterocycles. The molecular formula is C4H6F3NO2. The number of hydrogen-bond acceptors (Lipinski definition) is 2. The molecule has 0 heterocycles. The monoisotopic (exact) mass is 157 g/mol. The first kappa shape index (κ1) is 9.19. The third-order valence-electron chi connectivity index (χ3n) is 1.02. The van der Waals surface area contributed by atoms with E-state index >= 15 is 0 Å². The van der Waals surface area contributed by atoms with Gasteiger partial charge in [0.15, 0.2) is 0 Å². The maximum Gasteiger partial charge on any atom is 0.457 e. The lowest BCUT2D eigenvalue weighted by molar-refractivity contribution is -0.563. The first-order valence-corrected chi connectivity index (χ1v) is 2.59. The van der Waals surface area contributed by atoms with Crippen molar-refractivity contribution in [3.8, 4) is 0 Å². The number of rotatable bonds is 2. The Morgan fingerprint density at radius 2 is 2.00 bits per heavy atom. The van der Waals surface area contributed by atoms with Crippen molar-refractivity contribution in [2.75, 3.05) is 0 Å². The summed E-state index contributed by atoms with van der Waals surface area (Å²) < 4.78 is 34.6. The smallest absolute Gasteiger partial charge is 0.264 e. The molecular weight excluding hydrogens is 151 g/mol. The number of nitro groups is 1. The van der Waals surface area contributed by atoms with E-state index in [0.29, 0.717) is 0 Å². The Kier molecular flexibility index (Phi) is 2.62. The predicted octanol–water partition coefficient (Wildman–Crippen LogP) is 1.60. The molecule has 0 saturated carbocycles. The van der Waals surface area contributed by atoms with Gasteiger partial charge < -0.3 is 0 Å². The molecule has 0 amide bonds. The fourth-order valence-corrected chi connectivity index (χ4v) is 0.500. The predicted molar refractivity (Wildman–Crippen MR) is 27.1 cm³/mol. The van der Waals surface area contributed by atoms with E-state index in [0.717, 1.165) is 6.92 Å². The molecule has 60 valence electrons. The summed E-state index contributed by atoms with van der Waals surface area (Å²) in [6, 6.07) is -2.41. The zero-order valence-corrected chi connectivity index (χ0v) is 5.18. The molecule has 1 atom stereocenters. The van der Waals surface area contributed by atoms with E-state index in [1.54, 1.807) is 0 Å². The third-order valence-corrected chi connectivity index (χ3v) is 1.02. The van der Waals surface area contributed by atoms with Crippen LogP contribution in [0.25, 0.3) is 0 Å². The summed E-state index contributed by atoms with van der Waals surface area (Å²) >= 11 is 0. The third kappa shape index (κ3) is 2.20. The van der Waals surface area contributed by atoms with Crippen LogP contribution in [0.3, 0.4) is 0 Å². The van der Waals surface area contributed by atoms with Crippen LogP contribution in [0, 0.1) is 10.1 Å². The van der Waals surface area contributed by atoms with Crippen LogP contribution in [0.2, 0.25) is 0 Å². The molecule has 0 radical (unpaired) electrons. The van der Waals surface area contributed by atoms with E-state index in [4.69, 9.17) is 0 Å². The van der Waals surface area contributed by atoms with Crippen molar-refractivity contribution in [1.29, 1.82) is 0 Å². The summed E-state index contributed by atoms with van der Waals surface area (Å²) in [5.74, 6) is 0. The van der Waals surface area contributed by atoms with Crippen LogP contribution >= 0.6 is 0 Å². The number of alkyl halides is 3. The van der Waals surface area contributed by atoms with Gasteiger partial charge in [0.05, 0.1) is 0 Å². The lowest BCUT2D eigenvalue weighted by Crippen LogP contribution is -2.35. The minimum atomic E-state index is -4.71. The largest absolute Gasteiger partial charge is 0.457 e. The van der Waals surface area contributed by atoms with E-state index in [1.807, 2.05) is 0 Å². The Hall–Kier alpha value is -0.810. The van der Waals surface area contributed by atoms with Crippen molar-refractivity contribution < 1.29 is 18.1 Å². The Labute approximate surface area is 55.0 Å². The minimum Gasteiger partial charge on any atom is -0.264 e. The molecule has 10 heavy (non-hydrogen) atoms. The van der Waals surface area contributed by atoms with Gasteiger partial charge in [-0.1, -0.05) is 6.92 Å². The van der Waals surface area contributed by atoms with Crippen molar-refractivity contribution in [3.63, 3.8) is 0 Å². The Balaban J connectivity index is 4.22. The molecule has 0 fully saturated rings. The fraction of sp³-hybridized carbons (Fsp3) is 1.00. The zero-order chi connectivity index (χ0) is 8.36. The summed E-state index contributed by atoms with van der Waals surface area (Å²) in [4.78, 5) is 8.34. The maximum absolute atomic E-state index is 11.5. The molecule has 0 aliphatic carbocycles. The summed E-state index contributed by atoms with van der Waals surface area (Å²) in [5, 5.41) is 9.66. The van der Waals surface area contributed by atoms with Gasteiger partial charge in [0.25, 0.3) is 0 Å². The highest BCUT2D eigenvalue weighted by Crippen LogP contribution is 2.24. The van der Waals surface area contributed by atoms with Crippen LogP contribution in [-0.2, 0) is 0 Å². The van der Waals surface area contributed by atoms with E-state index in [2.05, 4.69) is 0 Å². The van der Waals surface area contributed by atoms with Crippen LogP contribution in [0.5, 0.6) is 0 Å². The van der Waals surface area contributed by atoms with Crippen molar-refractivity contribution in [2.45, 2.75) is 25.6 Å². The first-order valence-electron chi connectivity index (χ1n) is 2.59. The molecule has 0 spiro atoms. The van der Waals surface area contributed by atoms with E-state index in [-0.39, 0.29) is 0 Å².